The van der Waals surface area contributed by atoms with Gasteiger partial charge in [-0.1, -0.05) is 45.7 Å². The summed E-state index contributed by atoms with van der Waals surface area (Å²) < 4.78 is 0.983. The van der Waals surface area contributed by atoms with Crippen LogP contribution in [0.5, 0.6) is 0 Å². The van der Waals surface area contributed by atoms with E-state index in [-0.39, 0.29) is 0 Å². The fourth-order valence-corrected chi connectivity index (χ4v) is 2.74. The molecule has 21 heavy (non-hydrogen) atoms. The molecule has 7 heteroatoms. The molecule has 2 N–H and O–H groups in total. The maximum Gasteiger partial charge on any atom is 0.204 e. The van der Waals surface area contributed by atoms with Crippen LogP contribution in [0.25, 0.3) is 11.4 Å². The second kappa shape index (κ2) is 6.24. The number of benzene rings is 2. The molecule has 1 heterocycles. The molecule has 5 nitrogen and oxygen atoms in total. The summed E-state index contributed by atoms with van der Waals surface area (Å²) in [5, 5.41) is 18.0. The Balaban J connectivity index is 1.75. The third-order valence-corrected chi connectivity index (χ3v) is 3.94. The van der Waals surface area contributed by atoms with Gasteiger partial charge in [-0.3, -0.25) is 0 Å². The van der Waals surface area contributed by atoms with Crippen molar-refractivity contribution in [3.05, 3.63) is 57.5 Å². The van der Waals surface area contributed by atoms with E-state index in [1.807, 2.05) is 42.5 Å². The van der Waals surface area contributed by atoms with E-state index < -0.39 is 0 Å². The summed E-state index contributed by atoms with van der Waals surface area (Å²) in [6, 6.07) is 13.6. The minimum Gasteiger partial charge on any atom is -0.381 e. The van der Waals surface area contributed by atoms with Gasteiger partial charge in [-0.05, 0) is 35.0 Å². The minimum atomic E-state index is 0.575. The van der Waals surface area contributed by atoms with Gasteiger partial charge in [-0.25, -0.2) is 0 Å². The van der Waals surface area contributed by atoms with Gasteiger partial charge in [-0.2, -0.15) is 5.21 Å². The summed E-state index contributed by atoms with van der Waals surface area (Å²) in [4.78, 5) is 0. The van der Waals surface area contributed by atoms with E-state index >= 15 is 0 Å². The average molecular weight is 365 g/mol. The minimum absolute atomic E-state index is 0.575. The summed E-state index contributed by atoms with van der Waals surface area (Å²) in [5.74, 6) is 0.575. The van der Waals surface area contributed by atoms with Crippen LogP contribution in [0.2, 0.25) is 5.02 Å². The van der Waals surface area contributed by atoms with Crippen molar-refractivity contribution in [3.8, 4) is 11.4 Å². The number of halogens is 2. The Hall–Kier alpha value is -1.92. The Labute approximate surface area is 134 Å². The quantitative estimate of drug-likeness (QED) is 0.737. The van der Waals surface area contributed by atoms with Gasteiger partial charge in [0.25, 0.3) is 0 Å². The highest BCUT2D eigenvalue weighted by molar-refractivity contribution is 9.10. The maximum atomic E-state index is 5.94. The molecule has 3 rings (SSSR count). The van der Waals surface area contributed by atoms with E-state index in [1.165, 1.54) is 0 Å². The Morgan fingerprint density at radius 2 is 2.10 bits per heavy atom. The number of aromatic nitrogens is 4. The predicted molar refractivity (Wildman–Crippen MR) is 86.1 cm³/mol. The van der Waals surface area contributed by atoms with E-state index in [0.717, 1.165) is 21.3 Å². The first-order valence-corrected chi connectivity index (χ1v) is 7.41. The van der Waals surface area contributed by atoms with Gasteiger partial charge in [0.05, 0.1) is 0 Å². The van der Waals surface area contributed by atoms with Gasteiger partial charge in [0.15, 0.2) is 0 Å². The second-order valence-corrected chi connectivity index (χ2v) is 5.70. The van der Waals surface area contributed by atoms with Crippen molar-refractivity contribution >= 4 is 33.2 Å². The fourth-order valence-electron chi connectivity index (χ4n) is 1.91. The van der Waals surface area contributed by atoms with Crippen LogP contribution < -0.4 is 5.32 Å². The van der Waals surface area contributed by atoms with Gasteiger partial charge in [0, 0.05) is 27.3 Å². The van der Waals surface area contributed by atoms with Crippen molar-refractivity contribution in [2.75, 3.05) is 5.32 Å². The number of H-pyrrole nitrogens is 1. The first-order valence-electron chi connectivity index (χ1n) is 6.24. The molecule has 0 amide bonds. The molecule has 106 valence electrons. The zero-order chi connectivity index (χ0) is 14.7. The third kappa shape index (κ3) is 3.40. The summed E-state index contributed by atoms with van der Waals surface area (Å²) in [7, 11) is 0. The topological polar surface area (TPSA) is 66.5 Å². The van der Waals surface area contributed by atoms with Crippen LogP contribution in [-0.2, 0) is 6.54 Å². The second-order valence-electron chi connectivity index (χ2n) is 4.41. The van der Waals surface area contributed by atoms with E-state index in [2.05, 4.69) is 41.9 Å². The predicted octanol–water partition coefficient (Wildman–Crippen LogP) is 3.89. The number of hydrogen-bond acceptors (Lipinski definition) is 4. The lowest BCUT2D eigenvalue weighted by molar-refractivity contribution is 0.881. The molecule has 1 aromatic heterocycles. The maximum absolute atomic E-state index is 5.94. The SMILES string of the molecule is Clc1ccc(CNc2cccc(-c3nn[nH]n3)c2)c(Br)c1. The molecular weight excluding hydrogens is 354 g/mol. The van der Waals surface area contributed by atoms with Gasteiger partial charge in [0.2, 0.25) is 5.82 Å². The zero-order valence-corrected chi connectivity index (χ0v) is 13.2. The molecule has 0 bridgehead atoms. The molecule has 0 spiro atoms. The number of hydrogen-bond donors (Lipinski definition) is 2. The molecule has 0 aliphatic carbocycles. The number of aromatic amines is 1. The van der Waals surface area contributed by atoms with Crippen molar-refractivity contribution in [1.29, 1.82) is 0 Å². The lowest BCUT2D eigenvalue weighted by atomic mass is 10.1. The third-order valence-electron chi connectivity index (χ3n) is 2.96. The van der Waals surface area contributed by atoms with Crippen molar-refractivity contribution in [1.82, 2.24) is 20.6 Å². The monoisotopic (exact) mass is 363 g/mol. The molecule has 0 aliphatic rings. The number of nitrogens with zero attached hydrogens (tertiary/aromatic N) is 3. The lowest BCUT2D eigenvalue weighted by Gasteiger charge is -2.09. The Bertz CT molecular complexity index is 745. The van der Waals surface area contributed by atoms with Crippen molar-refractivity contribution < 1.29 is 0 Å². The number of tetrazole rings is 1. The van der Waals surface area contributed by atoms with Crippen LogP contribution in [-0.4, -0.2) is 20.6 Å². The standard InChI is InChI=1S/C14H11BrClN5/c15-13-7-11(16)5-4-10(13)8-17-12-3-1-2-9(6-12)14-18-20-21-19-14/h1-7,17H,8H2,(H,18,19,20,21). The van der Waals surface area contributed by atoms with Crippen LogP contribution in [0.4, 0.5) is 5.69 Å². The van der Waals surface area contributed by atoms with Crippen molar-refractivity contribution in [2.45, 2.75) is 6.54 Å². The molecule has 0 unspecified atom stereocenters. The molecular formula is C14H11BrClN5. The lowest BCUT2D eigenvalue weighted by Crippen LogP contribution is -2.00. The highest BCUT2D eigenvalue weighted by Gasteiger charge is 2.04. The smallest absolute Gasteiger partial charge is 0.204 e. The first kappa shape index (κ1) is 14.0. The van der Waals surface area contributed by atoms with Crippen molar-refractivity contribution in [3.63, 3.8) is 0 Å². The Morgan fingerprint density at radius 1 is 1.19 bits per heavy atom. The summed E-state index contributed by atoms with van der Waals surface area (Å²) >= 11 is 9.45. The normalized spacial score (nSPS) is 10.6. The van der Waals surface area contributed by atoms with Gasteiger partial charge < -0.3 is 5.32 Å². The molecule has 0 aliphatic heterocycles. The average Bonchev–Trinajstić information content (AvgIpc) is 3.01. The summed E-state index contributed by atoms with van der Waals surface area (Å²) in [5.41, 5.74) is 3.02. The summed E-state index contributed by atoms with van der Waals surface area (Å²) in [6.45, 7) is 0.688. The molecule has 0 saturated heterocycles. The molecule has 0 radical (unpaired) electrons. The van der Waals surface area contributed by atoms with E-state index in [4.69, 9.17) is 11.6 Å². The number of nitrogens with one attached hydrogen (secondary N) is 2. The molecule has 0 saturated carbocycles. The fraction of sp³-hybridized carbons (Fsp3) is 0.0714. The van der Waals surface area contributed by atoms with Gasteiger partial charge in [-0.15, -0.1) is 10.2 Å². The Morgan fingerprint density at radius 3 is 2.86 bits per heavy atom. The highest BCUT2D eigenvalue weighted by atomic mass is 79.9. The van der Waals surface area contributed by atoms with Gasteiger partial charge in [0.1, 0.15) is 0 Å². The van der Waals surface area contributed by atoms with Crippen LogP contribution in [0.3, 0.4) is 0 Å². The van der Waals surface area contributed by atoms with E-state index in [0.29, 0.717) is 17.4 Å². The number of rotatable bonds is 4. The zero-order valence-electron chi connectivity index (χ0n) is 10.8. The largest absolute Gasteiger partial charge is 0.381 e. The van der Waals surface area contributed by atoms with E-state index in [1.54, 1.807) is 0 Å². The van der Waals surface area contributed by atoms with Crippen LogP contribution in [0.1, 0.15) is 5.56 Å². The van der Waals surface area contributed by atoms with Crippen LogP contribution in [0, 0.1) is 0 Å². The number of anilines is 1. The van der Waals surface area contributed by atoms with Crippen molar-refractivity contribution in [2.24, 2.45) is 0 Å². The Kier molecular flexibility index (Phi) is 4.17. The van der Waals surface area contributed by atoms with E-state index in [9.17, 15) is 0 Å². The molecule has 2 aromatic carbocycles. The van der Waals surface area contributed by atoms with Gasteiger partial charge >= 0.3 is 0 Å². The molecule has 3 aromatic rings. The summed E-state index contributed by atoms with van der Waals surface area (Å²) in [6.07, 6.45) is 0. The first-order chi connectivity index (χ1) is 10.2. The van der Waals surface area contributed by atoms with Crippen LogP contribution in [0.15, 0.2) is 46.9 Å². The molecule has 0 fully saturated rings. The van der Waals surface area contributed by atoms with Crippen LogP contribution >= 0.6 is 27.5 Å². The molecule has 0 atom stereocenters. The highest BCUT2D eigenvalue weighted by Crippen LogP contribution is 2.23.